The summed E-state index contributed by atoms with van der Waals surface area (Å²) in [5, 5.41) is 2.66. The van der Waals surface area contributed by atoms with Crippen LogP contribution in [-0.2, 0) is 0 Å². The van der Waals surface area contributed by atoms with Gasteiger partial charge < -0.3 is 5.32 Å². The van der Waals surface area contributed by atoms with Crippen molar-refractivity contribution in [2.45, 2.75) is 13.3 Å². The van der Waals surface area contributed by atoms with Crippen LogP contribution in [0.15, 0.2) is 34.8 Å². The Bertz CT molecular complexity index is 384. The fourth-order valence-electron chi connectivity index (χ4n) is 1.24. The Labute approximate surface area is 103 Å². The maximum atomic E-state index is 13.4. The average Bonchev–Trinajstić information content (AvgIpc) is 2.24. The van der Waals surface area contributed by atoms with Gasteiger partial charge in [-0.2, -0.15) is 0 Å². The lowest BCUT2D eigenvalue weighted by Gasteiger charge is -2.06. The predicted molar refractivity (Wildman–Crippen MR) is 65.9 cm³/mol. The van der Waals surface area contributed by atoms with E-state index in [2.05, 4.69) is 21.2 Å². The number of hydrogen-bond donors (Lipinski definition) is 1. The van der Waals surface area contributed by atoms with E-state index in [-0.39, 0.29) is 5.56 Å². The highest BCUT2D eigenvalue weighted by Crippen LogP contribution is 2.19. The van der Waals surface area contributed by atoms with Crippen LogP contribution in [0.1, 0.15) is 23.7 Å². The first-order valence-corrected chi connectivity index (χ1v) is 5.79. The van der Waals surface area contributed by atoms with Gasteiger partial charge in [0.25, 0.3) is 5.91 Å². The van der Waals surface area contributed by atoms with Crippen LogP contribution in [0.3, 0.4) is 0 Å². The molecule has 1 aromatic carbocycles. The van der Waals surface area contributed by atoms with Crippen LogP contribution in [-0.4, -0.2) is 12.5 Å². The first-order chi connectivity index (χ1) is 7.66. The van der Waals surface area contributed by atoms with E-state index < -0.39 is 11.7 Å². The molecule has 0 aromatic heterocycles. The zero-order valence-electron chi connectivity index (χ0n) is 8.97. The quantitative estimate of drug-likeness (QED) is 0.668. The second-order valence-corrected chi connectivity index (χ2v) is 4.06. The number of benzene rings is 1. The normalized spacial score (nSPS) is 10.7. The molecule has 1 aromatic rings. The Morgan fingerprint density at radius 3 is 2.94 bits per heavy atom. The maximum absolute atomic E-state index is 13.4. The smallest absolute Gasteiger partial charge is 0.255 e. The Balaban J connectivity index is 2.66. The van der Waals surface area contributed by atoms with Crippen molar-refractivity contribution in [2.24, 2.45) is 0 Å². The van der Waals surface area contributed by atoms with E-state index in [1.165, 1.54) is 6.07 Å². The topological polar surface area (TPSA) is 29.1 Å². The molecular weight excluding hydrogens is 273 g/mol. The SMILES string of the molecule is C/C=C/CCNC(=O)c1c(F)cccc1Br. The third-order valence-electron chi connectivity index (χ3n) is 2.02. The molecule has 0 saturated carbocycles. The van der Waals surface area contributed by atoms with Crippen molar-refractivity contribution in [2.75, 3.05) is 6.54 Å². The lowest BCUT2D eigenvalue weighted by Crippen LogP contribution is -2.25. The number of allylic oxidation sites excluding steroid dienone is 1. The summed E-state index contributed by atoms with van der Waals surface area (Å²) in [6.45, 7) is 2.42. The van der Waals surface area contributed by atoms with E-state index in [0.717, 1.165) is 6.42 Å². The van der Waals surface area contributed by atoms with Gasteiger partial charge in [0.2, 0.25) is 0 Å². The van der Waals surface area contributed by atoms with Gasteiger partial charge in [0, 0.05) is 11.0 Å². The van der Waals surface area contributed by atoms with Crippen LogP contribution in [0, 0.1) is 5.82 Å². The molecule has 1 N–H and O–H groups in total. The minimum Gasteiger partial charge on any atom is -0.352 e. The number of carbonyl (C=O) groups excluding carboxylic acids is 1. The summed E-state index contributed by atoms with van der Waals surface area (Å²) in [6.07, 6.45) is 4.59. The van der Waals surface area contributed by atoms with Crippen molar-refractivity contribution in [1.29, 1.82) is 0 Å². The largest absolute Gasteiger partial charge is 0.352 e. The highest BCUT2D eigenvalue weighted by Gasteiger charge is 2.14. The fourth-order valence-corrected chi connectivity index (χ4v) is 1.76. The number of hydrogen-bond acceptors (Lipinski definition) is 1. The summed E-state index contributed by atoms with van der Waals surface area (Å²) in [5.41, 5.74) is 0.0583. The molecule has 4 heteroatoms. The monoisotopic (exact) mass is 285 g/mol. The van der Waals surface area contributed by atoms with E-state index >= 15 is 0 Å². The fraction of sp³-hybridized carbons (Fsp3) is 0.250. The molecule has 0 spiro atoms. The highest BCUT2D eigenvalue weighted by molar-refractivity contribution is 9.10. The molecule has 0 unspecified atom stereocenters. The predicted octanol–water partition coefficient (Wildman–Crippen LogP) is 3.28. The van der Waals surface area contributed by atoms with Gasteiger partial charge in [-0.3, -0.25) is 4.79 Å². The molecule has 0 bridgehead atoms. The summed E-state index contributed by atoms with van der Waals surface area (Å²) >= 11 is 3.16. The number of nitrogens with one attached hydrogen (secondary N) is 1. The molecule has 2 nitrogen and oxygen atoms in total. The minimum atomic E-state index is -0.516. The Morgan fingerprint density at radius 1 is 1.56 bits per heavy atom. The molecule has 0 aliphatic rings. The standard InChI is InChI=1S/C12H13BrFNO/c1-2-3-4-8-15-12(16)11-9(13)6-5-7-10(11)14/h2-3,5-7H,4,8H2,1H3,(H,15,16)/b3-2+. The van der Waals surface area contributed by atoms with E-state index in [0.29, 0.717) is 11.0 Å². The molecule has 1 rings (SSSR count). The van der Waals surface area contributed by atoms with Crippen LogP contribution in [0.2, 0.25) is 0 Å². The first-order valence-electron chi connectivity index (χ1n) is 5.00. The van der Waals surface area contributed by atoms with Gasteiger partial charge >= 0.3 is 0 Å². The van der Waals surface area contributed by atoms with Crippen molar-refractivity contribution in [3.8, 4) is 0 Å². The Morgan fingerprint density at radius 2 is 2.31 bits per heavy atom. The molecule has 0 atom stereocenters. The van der Waals surface area contributed by atoms with E-state index in [4.69, 9.17) is 0 Å². The van der Waals surface area contributed by atoms with E-state index in [1.54, 1.807) is 12.1 Å². The summed E-state index contributed by atoms with van der Waals surface area (Å²) in [7, 11) is 0. The zero-order valence-corrected chi connectivity index (χ0v) is 10.6. The Kier molecular flexibility index (Phi) is 5.19. The number of amides is 1. The van der Waals surface area contributed by atoms with Crippen molar-refractivity contribution in [3.05, 3.63) is 46.2 Å². The molecule has 0 radical (unpaired) electrons. The van der Waals surface area contributed by atoms with Gasteiger partial charge in [-0.1, -0.05) is 18.2 Å². The molecule has 86 valence electrons. The van der Waals surface area contributed by atoms with Gasteiger partial charge in [0.1, 0.15) is 5.82 Å². The van der Waals surface area contributed by atoms with Crippen LogP contribution in [0.5, 0.6) is 0 Å². The second-order valence-electron chi connectivity index (χ2n) is 3.21. The number of carbonyl (C=O) groups is 1. The van der Waals surface area contributed by atoms with Gasteiger partial charge in [-0.15, -0.1) is 0 Å². The first kappa shape index (κ1) is 12.9. The lowest BCUT2D eigenvalue weighted by molar-refractivity contribution is 0.0949. The van der Waals surface area contributed by atoms with E-state index in [1.807, 2.05) is 19.1 Å². The van der Waals surface area contributed by atoms with Crippen molar-refractivity contribution < 1.29 is 9.18 Å². The molecular formula is C12H13BrFNO. The number of rotatable bonds is 4. The summed E-state index contributed by atoms with van der Waals surface area (Å²) in [5.74, 6) is -0.910. The van der Waals surface area contributed by atoms with Gasteiger partial charge in [0.15, 0.2) is 0 Å². The minimum absolute atomic E-state index is 0.0583. The third kappa shape index (κ3) is 3.45. The molecule has 0 fully saturated rings. The van der Waals surface area contributed by atoms with Crippen LogP contribution in [0.4, 0.5) is 4.39 Å². The number of halogens is 2. The van der Waals surface area contributed by atoms with Crippen molar-refractivity contribution >= 4 is 21.8 Å². The molecule has 1 amide bonds. The summed E-state index contributed by atoms with van der Waals surface area (Å²) < 4.78 is 13.8. The average molecular weight is 286 g/mol. The molecule has 16 heavy (non-hydrogen) atoms. The maximum Gasteiger partial charge on any atom is 0.255 e. The summed E-state index contributed by atoms with van der Waals surface area (Å²) in [6, 6.07) is 4.46. The van der Waals surface area contributed by atoms with Gasteiger partial charge in [-0.05, 0) is 41.4 Å². The molecule has 0 aliphatic heterocycles. The van der Waals surface area contributed by atoms with E-state index in [9.17, 15) is 9.18 Å². The zero-order chi connectivity index (χ0) is 12.0. The van der Waals surface area contributed by atoms with Crippen LogP contribution < -0.4 is 5.32 Å². The van der Waals surface area contributed by atoms with Crippen LogP contribution >= 0.6 is 15.9 Å². The second kappa shape index (κ2) is 6.43. The van der Waals surface area contributed by atoms with Crippen molar-refractivity contribution in [1.82, 2.24) is 5.32 Å². The molecule has 0 aliphatic carbocycles. The summed E-state index contributed by atoms with van der Waals surface area (Å²) in [4.78, 5) is 11.6. The molecule has 0 saturated heterocycles. The highest BCUT2D eigenvalue weighted by atomic mass is 79.9. The molecule has 0 heterocycles. The lowest BCUT2D eigenvalue weighted by atomic mass is 10.2. The van der Waals surface area contributed by atoms with Crippen molar-refractivity contribution in [3.63, 3.8) is 0 Å². The Hall–Kier alpha value is -1.16. The van der Waals surface area contributed by atoms with Gasteiger partial charge in [-0.25, -0.2) is 4.39 Å². The third-order valence-corrected chi connectivity index (χ3v) is 2.68. The van der Waals surface area contributed by atoms with Crippen LogP contribution in [0.25, 0.3) is 0 Å². The van der Waals surface area contributed by atoms with Gasteiger partial charge in [0.05, 0.1) is 5.56 Å².